The molecule has 1 heterocycles. The molecule has 0 atom stereocenters. The molecule has 6 nitrogen and oxygen atoms in total. The highest BCUT2D eigenvalue weighted by atomic mass is 32.1. The molecule has 3 rings (SSSR count). The van der Waals surface area contributed by atoms with Crippen molar-refractivity contribution in [3.63, 3.8) is 0 Å². The molecule has 0 amide bonds. The molecule has 0 spiro atoms. The number of thiazole rings is 1. The van der Waals surface area contributed by atoms with Crippen LogP contribution in [0.2, 0.25) is 0 Å². The number of hydrogen-bond acceptors (Lipinski definition) is 7. The van der Waals surface area contributed by atoms with Crippen molar-refractivity contribution in [1.29, 1.82) is 0 Å². The van der Waals surface area contributed by atoms with Gasteiger partial charge in [-0.05, 0) is 37.3 Å². The van der Waals surface area contributed by atoms with Crippen LogP contribution >= 0.6 is 11.3 Å². The fourth-order valence-electron chi connectivity index (χ4n) is 2.44. The number of aromatic nitrogens is 1. The van der Waals surface area contributed by atoms with Crippen LogP contribution in [-0.4, -0.2) is 29.8 Å². The number of benzene rings is 2. The molecule has 0 fully saturated rings. The second-order valence-corrected chi connectivity index (χ2v) is 6.39. The molecular formula is C20H19NO5S. The number of rotatable bonds is 7. The van der Waals surface area contributed by atoms with Crippen LogP contribution < -0.4 is 9.47 Å². The third kappa shape index (κ3) is 4.38. The van der Waals surface area contributed by atoms with Gasteiger partial charge in [-0.2, -0.15) is 0 Å². The second-order valence-electron chi connectivity index (χ2n) is 5.54. The van der Waals surface area contributed by atoms with E-state index in [1.165, 1.54) is 23.5 Å². The monoisotopic (exact) mass is 385 g/mol. The molecule has 0 radical (unpaired) electrons. The summed E-state index contributed by atoms with van der Waals surface area (Å²) < 4.78 is 16.1. The molecule has 3 aromatic rings. The second kappa shape index (κ2) is 8.55. The smallest absolute Gasteiger partial charge is 0.342 e. The van der Waals surface area contributed by atoms with Crippen LogP contribution in [0.4, 0.5) is 0 Å². The lowest BCUT2D eigenvalue weighted by atomic mass is 10.2. The van der Waals surface area contributed by atoms with Crippen molar-refractivity contribution in [2.75, 3.05) is 13.7 Å². The van der Waals surface area contributed by atoms with Crippen molar-refractivity contribution in [3.05, 3.63) is 59.1 Å². The number of phenolic OH excluding ortho intramolecular Hbond substituents is 1. The van der Waals surface area contributed by atoms with Gasteiger partial charge < -0.3 is 19.3 Å². The van der Waals surface area contributed by atoms with Crippen LogP contribution in [0.15, 0.2) is 47.8 Å². The Morgan fingerprint density at radius 1 is 1.19 bits per heavy atom. The Hall–Kier alpha value is -3.06. The maximum absolute atomic E-state index is 12.1. The number of methoxy groups -OCH3 is 1. The normalized spacial score (nSPS) is 10.4. The maximum Gasteiger partial charge on any atom is 0.342 e. The van der Waals surface area contributed by atoms with E-state index in [0.29, 0.717) is 23.8 Å². The Labute approximate surface area is 161 Å². The van der Waals surface area contributed by atoms with Crippen LogP contribution in [0.1, 0.15) is 23.0 Å². The number of nitrogens with zero attached hydrogens (tertiary/aromatic N) is 1. The molecule has 0 saturated heterocycles. The van der Waals surface area contributed by atoms with Crippen LogP contribution in [-0.2, 0) is 11.3 Å². The number of para-hydroxylation sites is 1. The molecule has 0 aliphatic heterocycles. The van der Waals surface area contributed by atoms with Crippen LogP contribution in [0, 0.1) is 0 Å². The number of phenols is 1. The molecule has 0 saturated carbocycles. The van der Waals surface area contributed by atoms with Gasteiger partial charge in [-0.1, -0.05) is 12.1 Å². The Morgan fingerprint density at radius 3 is 2.74 bits per heavy atom. The predicted molar refractivity (Wildman–Crippen MR) is 102 cm³/mol. The fraction of sp³-hybridized carbons (Fsp3) is 0.200. The van der Waals surface area contributed by atoms with Gasteiger partial charge in [-0.25, -0.2) is 9.78 Å². The zero-order chi connectivity index (χ0) is 19.2. The van der Waals surface area contributed by atoms with E-state index >= 15 is 0 Å². The SMILES string of the molecule is CCOc1ccc(-c2nc(COC(=O)c3ccccc3O)cs2)cc1OC. The molecule has 140 valence electrons. The Balaban J connectivity index is 1.70. The minimum Gasteiger partial charge on any atom is -0.507 e. The summed E-state index contributed by atoms with van der Waals surface area (Å²) in [5.41, 5.74) is 1.65. The molecule has 0 aliphatic carbocycles. The van der Waals surface area contributed by atoms with E-state index < -0.39 is 5.97 Å². The van der Waals surface area contributed by atoms with Gasteiger partial charge in [0, 0.05) is 10.9 Å². The first kappa shape index (κ1) is 18.7. The average molecular weight is 385 g/mol. The van der Waals surface area contributed by atoms with Gasteiger partial charge >= 0.3 is 5.97 Å². The summed E-state index contributed by atoms with van der Waals surface area (Å²) in [6.45, 7) is 2.49. The first-order valence-corrected chi connectivity index (χ1v) is 9.21. The number of hydrogen-bond donors (Lipinski definition) is 1. The summed E-state index contributed by atoms with van der Waals surface area (Å²) in [5, 5.41) is 12.3. The van der Waals surface area contributed by atoms with Crippen molar-refractivity contribution in [2.45, 2.75) is 13.5 Å². The van der Waals surface area contributed by atoms with Gasteiger partial charge in [-0.15, -0.1) is 11.3 Å². The van der Waals surface area contributed by atoms with E-state index in [9.17, 15) is 9.90 Å². The van der Waals surface area contributed by atoms with Crippen molar-refractivity contribution < 1.29 is 24.1 Å². The summed E-state index contributed by atoms with van der Waals surface area (Å²) in [4.78, 5) is 16.6. The zero-order valence-electron chi connectivity index (χ0n) is 15.0. The third-order valence-electron chi connectivity index (χ3n) is 3.74. The molecule has 0 bridgehead atoms. The standard InChI is InChI=1S/C20H19NO5S/c1-3-25-17-9-8-13(10-18(17)24-2)19-21-14(12-27-19)11-26-20(23)15-6-4-5-7-16(15)22/h4-10,12,22H,3,11H2,1-2H3. The minimum absolute atomic E-state index is 0.0256. The molecular weight excluding hydrogens is 366 g/mol. The predicted octanol–water partition coefficient (Wildman–Crippen LogP) is 4.28. The lowest BCUT2D eigenvalue weighted by Gasteiger charge is -2.10. The fourth-order valence-corrected chi connectivity index (χ4v) is 3.25. The van der Waals surface area contributed by atoms with Gasteiger partial charge in [0.1, 0.15) is 22.9 Å². The van der Waals surface area contributed by atoms with Gasteiger partial charge in [0.25, 0.3) is 0 Å². The Kier molecular flexibility index (Phi) is 5.93. The maximum atomic E-state index is 12.1. The summed E-state index contributed by atoms with van der Waals surface area (Å²) >= 11 is 1.44. The molecule has 0 unspecified atom stereocenters. The zero-order valence-corrected chi connectivity index (χ0v) is 15.8. The highest BCUT2D eigenvalue weighted by Gasteiger charge is 2.14. The number of carbonyl (C=O) groups is 1. The lowest BCUT2D eigenvalue weighted by molar-refractivity contribution is 0.0465. The van der Waals surface area contributed by atoms with Crippen molar-refractivity contribution in [3.8, 4) is 27.8 Å². The summed E-state index contributed by atoms with van der Waals surface area (Å²) in [7, 11) is 1.59. The summed E-state index contributed by atoms with van der Waals surface area (Å²) in [6, 6.07) is 11.9. The number of esters is 1. The van der Waals surface area contributed by atoms with Gasteiger partial charge in [-0.3, -0.25) is 0 Å². The molecule has 1 aromatic heterocycles. The number of ether oxygens (including phenoxy) is 3. The van der Waals surface area contributed by atoms with E-state index in [1.54, 1.807) is 19.2 Å². The first-order chi connectivity index (χ1) is 13.1. The minimum atomic E-state index is -0.592. The van der Waals surface area contributed by atoms with Gasteiger partial charge in [0.15, 0.2) is 11.5 Å². The van der Waals surface area contributed by atoms with E-state index in [4.69, 9.17) is 14.2 Å². The molecule has 0 aliphatic rings. The number of aromatic hydroxyl groups is 1. The Bertz CT molecular complexity index is 938. The van der Waals surface area contributed by atoms with Crippen molar-refractivity contribution >= 4 is 17.3 Å². The van der Waals surface area contributed by atoms with Gasteiger partial charge in [0.2, 0.25) is 0 Å². The topological polar surface area (TPSA) is 77.9 Å². The van der Waals surface area contributed by atoms with Crippen molar-refractivity contribution in [2.24, 2.45) is 0 Å². The van der Waals surface area contributed by atoms with E-state index in [1.807, 2.05) is 30.5 Å². The summed E-state index contributed by atoms with van der Waals surface area (Å²) in [6.07, 6.45) is 0. The van der Waals surface area contributed by atoms with E-state index in [0.717, 1.165) is 10.6 Å². The van der Waals surface area contributed by atoms with E-state index in [-0.39, 0.29) is 17.9 Å². The number of carbonyl (C=O) groups excluding carboxylic acids is 1. The third-order valence-corrected chi connectivity index (χ3v) is 4.68. The Morgan fingerprint density at radius 2 is 2.00 bits per heavy atom. The molecule has 2 aromatic carbocycles. The molecule has 7 heteroatoms. The van der Waals surface area contributed by atoms with Gasteiger partial charge in [0.05, 0.1) is 19.4 Å². The van der Waals surface area contributed by atoms with Crippen LogP contribution in [0.25, 0.3) is 10.6 Å². The van der Waals surface area contributed by atoms with Crippen LogP contribution in [0.3, 0.4) is 0 Å². The van der Waals surface area contributed by atoms with E-state index in [2.05, 4.69) is 4.98 Å². The van der Waals surface area contributed by atoms with Crippen molar-refractivity contribution in [1.82, 2.24) is 4.98 Å². The van der Waals surface area contributed by atoms with Crippen LogP contribution in [0.5, 0.6) is 17.2 Å². The highest BCUT2D eigenvalue weighted by molar-refractivity contribution is 7.13. The average Bonchev–Trinajstić information content (AvgIpc) is 3.16. The lowest BCUT2D eigenvalue weighted by Crippen LogP contribution is -2.05. The largest absolute Gasteiger partial charge is 0.507 e. The molecule has 27 heavy (non-hydrogen) atoms. The molecule has 1 N–H and O–H groups in total. The quantitative estimate of drug-likeness (QED) is 0.612. The first-order valence-electron chi connectivity index (χ1n) is 8.33. The highest BCUT2D eigenvalue weighted by Crippen LogP contribution is 2.34. The summed E-state index contributed by atoms with van der Waals surface area (Å²) in [5.74, 6) is 0.613.